The number of carbonyl (C=O) groups is 1. The number of allylic oxidation sites excluding steroid dienone is 2. The van der Waals surface area contributed by atoms with Crippen LogP contribution in [0.4, 0.5) is 4.79 Å². The summed E-state index contributed by atoms with van der Waals surface area (Å²) in [6.45, 7) is 0. The zero-order chi connectivity index (χ0) is 15.4. The van der Waals surface area contributed by atoms with Gasteiger partial charge in [0.05, 0.1) is 10.1 Å². The molecular weight excluding hydrogens is 370 g/mol. The molecule has 0 N–H and O–H groups in total. The molecule has 4 bridgehead atoms. The molecule has 1 saturated heterocycles. The van der Waals surface area contributed by atoms with E-state index in [2.05, 4.69) is 12.2 Å². The van der Waals surface area contributed by atoms with Gasteiger partial charge in [-0.2, -0.15) is 0 Å². The molecule has 6 aliphatic carbocycles. The first kappa shape index (κ1) is 14.3. The quantitative estimate of drug-likeness (QED) is 0.354. The average molecular weight is 382 g/mol. The third-order valence-corrected chi connectivity index (χ3v) is 8.74. The molecule has 0 radical (unpaired) electrons. The van der Waals surface area contributed by atoms with E-state index < -0.39 is 28.1 Å². The first-order valence-electron chi connectivity index (χ1n) is 7.39. The fourth-order valence-corrected chi connectivity index (χ4v) is 7.35. The molecule has 7 heteroatoms. The van der Waals surface area contributed by atoms with Crippen LogP contribution in [0.1, 0.15) is 12.8 Å². The molecule has 7 aliphatic rings. The number of ether oxygens (including phenoxy) is 2. The van der Waals surface area contributed by atoms with Crippen molar-refractivity contribution in [3.05, 3.63) is 22.2 Å². The molecule has 2 saturated carbocycles. The van der Waals surface area contributed by atoms with Crippen molar-refractivity contribution in [1.29, 1.82) is 0 Å². The molecule has 0 aromatic carbocycles. The van der Waals surface area contributed by atoms with Crippen molar-refractivity contribution in [2.24, 2.45) is 23.7 Å². The van der Waals surface area contributed by atoms with Crippen LogP contribution in [0.15, 0.2) is 22.2 Å². The lowest BCUT2D eigenvalue weighted by molar-refractivity contribution is -0.0667. The number of halogens is 4. The molecule has 1 heterocycles. The second kappa shape index (κ2) is 4.11. The van der Waals surface area contributed by atoms with Crippen molar-refractivity contribution in [2.45, 2.75) is 34.8 Å². The topological polar surface area (TPSA) is 35.5 Å². The van der Waals surface area contributed by atoms with Crippen LogP contribution in [0.25, 0.3) is 0 Å². The van der Waals surface area contributed by atoms with Crippen molar-refractivity contribution >= 4 is 52.6 Å². The molecule has 0 amide bonds. The maximum Gasteiger partial charge on any atom is 0.509 e. The highest BCUT2D eigenvalue weighted by atomic mass is 35.5. The fourth-order valence-electron chi connectivity index (χ4n) is 5.37. The van der Waals surface area contributed by atoms with Gasteiger partial charge in [-0.15, -0.1) is 23.2 Å². The van der Waals surface area contributed by atoms with Crippen LogP contribution in [0, 0.1) is 23.7 Å². The minimum atomic E-state index is -1.05. The number of hydrogen-bond donors (Lipinski definition) is 0. The molecule has 118 valence electrons. The summed E-state index contributed by atoms with van der Waals surface area (Å²) in [5, 5.41) is 0.625. The Kier molecular flexibility index (Phi) is 2.67. The van der Waals surface area contributed by atoms with Crippen LogP contribution < -0.4 is 0 Å². The van der Waals surface area contributed by atoms with E-state index in [4.69, 9.17) is 55.9 Å². The van der Waals surface area contributed by atoms with Crippen molar-refractivity contribution in [2.75, 3.05) is 0 Å². The summed E-state index contributed by atoms with van der Waals surface area (Å²) in [4.78, 5) is 9.63. The van der Waals surface area contributed by atoms with E-state index in [9.17, 15) is 4.79 Å². The number of rotatable bonds is 0. The molecule has 7 rings (SSSR count). The summed E-state index contributed by atoms with van der Waals surface area (Å²) in [6, 6.07) is 0. The molecule has 0 aromatic rings. The van der Waals surface area contributed by atoms with Crippen molar-refractivity contribution in [3.8, 4) is 0 Å². The van der Waals surface area contributed by atoms with Crippen LogP contribution in [0.5, 0.6) is 0 Å². The van der Waals surface area contributed by atoms with E-state index in [1.807, 2.05) is 0 Å². The van der Waals surface area contributed by atoms with Gasteiger partial charge in [0.25, 0.3) is 0 Å². The Morgan fingerprint density at radius 2 is 1.32 bits per heavy atom. The maximum atomic E-state index is 11.7. The maximum absolute atomic E-state index is 11.7. The van der Waals surface area contributed by atoms with Gasteiger partial charge in [-0.3, -0.25) is 0 Å². The number of carbonyl (C=O) groups excluding carboxylic acids is 1. The summed E-state index contributed by atoms with van der Waals surface area (Å²) in [5.41, 5.74) is 0. The van der Waals surface area contributed by atoms with E-state index >= 15 is 0 Å². The highest BCUT2D eigenvalue weighted by Gasteiger charge is 2.78. The monoisotopic (exact) mass is 380 g/mol. The lowest BCUT2D eigenvalue weighted by Crippen LogP contribution is -2.74. The molecule has 3 fully saturated rings. The van der Waals surface area contributed by atoms with Gasteiger partial charge >= 0.3 is 6.16 Å². The van der Waals surface area contributed by atoms with Gasteiger partial charge in [0.15, 0.2) is 12.2 Å². The molecule has 0 unspecified atom stereocenters. The molecule has 0 aromatic heterocycles. The number of hydrogen-bond acceptors (Lipinski definition) is 3. The third-order valence-electron chi connectivity index (χ3n) is 6.13. The van der Waals surface area contributed by atoms with Crippen LogP contribution in [0.2, 0.25) is 0 Å². The van der Waals surface area contributed by atoms with Gasteiger partial charge in [-0.05, 0) is 36.5 Å². The zero-order valence-corrected chi connectivity index (χ0v) is 14.3. The predicted octanol–water partition coefficient (Wildman–Crippen LogP) is 4.39. The Hall–Kier alpha value is -0.0900. The molecule has 1 aliphatic heterocycles. The third kappa shape index (κ3) is 1.30. The van der Waals surface area contributed by atoms with Gasteiger partial charge in [0, 0.05) is 0 Å². The molecule has 22 heavy (non-hydrogen) atoms. The smallest absolute Gasteiger partial charge is 0.425 e. The van der Waals surface area contributed by atoms with Gasteiger partial charge in [-0.25, -0.2) is 4.79 Å². The minimum absolute atomic E-state index is 0.00108. The Labute approximate surface area is 147 Å². The average Bonchev–Trinajstić information content (AvgIpc) is 2.93. The van der Waals surface area contributed by atoms with Crippen LogP contribution >= 0.6 is 46.4 Å². The van der Waals surface area contributed by atoms with E-state index in [1.54, 1.807) is 0 Å². The van der Waals surface area contributed by atoms with E-state index in [0.717, 1.165) is 12.8 Å². The van der Waals surface area contributed by atoms with Crippen molar-refractivity contribution in [1.82, 2.24) is 0 Å². The number of fused-ring (bicyclic) bond motifs is 1. The highest BCUT2D eigenvalue weighted by molar-refractivity contribution is 6.50. The van der Waals surface area contributed by atoms with E-state index in [1.165, 1.54) is 0 Å². The summed E-state index contributed by atoms with van der Waals surface area (Å²) >= 11 is 27.1. The normalized spacial score (nSPS) is 57.5. The molecule has 8 atom stereocenters. The first-order valence-corrected chi connectivity index (χ1v) is 8.91. The highest BCUT2D eigenvalue weighted by Crippen LogP contribution is 2.72. The predicted molar refractivity (Wildman–Crippen MR) is 83.4 cm³/mol. The van der Waals surface area contributed by atoms with Crippen molar-refractivity contribution < 1.29 is 14.3 Å². The summed E-state index contributed by atoms with van der Waals surface area (Å²) in [6.07, 6.45) is 4.34. The summed E-state index contributed by atoms with van der Waals surface area (Å²) < 4.78 is 10.7. The standard InChI is InChI=1S/C15H12Cl4O3/c16-9-10(17)15(19)8-6-2-1-5(3-4-6)7(8)14(9,18)11-12(15)22-13(20)21-11/h1-2,5-8,11-12H,3-4H2/t5-,6+,7-,8+,11+,12-,14-,15+. The molecule has 0 spiro atoms. The first-order chi connectivity index (χ1) is 10.4. The SMILES string of the molecule is O=C1O[C@@H]2[C@H](O1)[C@]1(Cl)C(Cl)=C(Cl)[C@@]2(Cl)[C@@H]2[C@H]1[C@@H]1C=C[C@H]2CC1. The van der Waals surface area contributed by atoms with Crippen molar-refractivity contribution in [3.63, 3.8) is 0 Å². The minimum Gasteiger partial charge on any atom is -0.425 e. The van der Waals surface area contributed by atoms with Gasteiger partial charge < -0.3 is 9.47 Å². The molecule has 3 nitrogen and oxygen atoms in total. The fraction of sp³-hybridized carbons (Fsp3) is 0.667. The zero-order valence-electron chi connectivity index (χ0n) is 11.3. The van der Waals surface area contributed by atoms with Gasteiger partial charge in [0.1, 0.15) is 9.75 Å². The molecular formula is C15H12Cl4O3. The lowest BCUT2D eigenvalue weighted by Gasteiger charge is -2.65. The Bertz CT molecular complexity index is 609. The van der Waals surface area contributed by atoms with Gasteiger partial charge in [-0.1, -0.05) is 35.4 Å². The largest absolute Gasteiger partial charge is 0.509 e. The second-order valence-corrected chi connectivity index (χ2v) is 8.84. The summed E-state index contributed by atoms with van der Waals surface area (Å²) in [5.74, 6) is 0.538. The lowest BCUT2D eigenvalue weighted by atomic mass is 9.47. The van der Waals surface area contributed by atoms with Crippen LogP contribution in [-0.4, -0.2) is 28.1 Å². The second-order valence-electron chi connectivity index (χ2n) is 6.83. The Morgan fingerprint density at radius 3 is 1.68 bits per heavy atom. The van der Waals surface area contributed by atoms with Crippen LogP contribution in [0.3, 0.4) is 0 Å². The Morgan fingerprint density at radius 1 is 0.909 bits per heavy atom. The Balaban J connectivity index is 1.80. The number of alkyl halides is 2. The van der Waals surface area contributed by atoms with Gasteiger partial charge in [0.2, 0.25) is 0 Å². The van der Waals surface area contributed by atoms with Crippen LogP contribution in [-0.2, 0) is 9.47 Å². The summed E-state index contributed by atoms with van der Waals surface area (Å²) in [7, 11) is 0. The van der Waals surface area contributed by atoms with E-state index in [0.29, 0.717) is 10.1 Å². The van der Waals surface area contributed by atoms with E-state index in [-0.39, 0.29) is 23.7 Å².